The summed E-state index contributed by atoms with van der Waals surface area (Å²) in [7, 11) is 0. The van der Waals surface area contributed by atoms with Gasteiger partial charge in [-0.25, -0.2) is 0 Å². The molecule has 0 saturated carbocycles. The summed E-state index contributed by atoms with van der Waals surface area (Å²) in [4.78, 5) is 11.5. The molecule has 0 spiro atoms. The van der Waals surface area contributed by atoms with Crippen LogP contribution in [0.2, 0.25) is 0 Å². The lowest BCUT2D eigenvalue weighted by Crippen LogP contribution is -2.35. The number of nitrogens with one attached hydrogen (secondary N) is 1. The summed E-state index contributed by atoms with van der Waals surface area (Å²) in [5, 5.41) is 3.01. The van der Waals surface area contributed by atoms with Crippen LogP contribution in [0.3, 0.4) is 0 Å². The predicted octanol–water partition coefficient (Wildman–Crippen LogP) is 2.47. The number of hydrogen-bond donors (Lipinski definition) is 1. The molecule has 0 radical (unpaired) electrons. The van der Waals surface area contributed by atoms with Gasteiger partial charge in [0.25, 0.3) is 0 Å². The fourth-order valence-corrected chi connectivity index (χ4v) is 2.59. The van der Waals surface area contributed by atoms with Crippen LogP contribution in [0.15, 0.2) is 18.2 Å². The van der Waals surface area contributed by atoms with Crippen molar-refractivity contribution in [3.05, 3.63) is 34.9 Å². The molecule has 1 aliphatic heterocycles. The molecular formula is C14H19NO. The van der Waals surface area contributed by atoms with Gasteiger partial charge >= 0.3 is 0 Å². The maximum atomic E-state index is 11.5. The first-order valence-electron chi connectivity index (χ1n) is 5.80. The highest BCUT2D eigenvalue weighted by Gasteiger charge is 2.41. The molecule has 86 valence electrons. The van der Waals surface area contributed by atoms with Crippen molar-refractivity contribution < 1.29 is 4.79 Å². The molecule has 1 saturated heterocycles. The van der Waals surface area contributed by atoms with Gasteiger partial charge in [0.15, 0.2) is 0 Å². The van der Waals surface area contributed by atoms with E-state index in [-0.39, 0.29) is 17.4 Å². The number of aryl methyl sites for hydroxylation is 2. The third-order valence-corrected chi connectivity index (χ3v) is 3.74. The van der Waals surface area contributed by atoms with Crippen molar-refractivity contribution in [1.82, 2.24) is 5.32 Å². The van der Waals surface area contributed by atoms with E-state index < -0.39 is 0 Å². The van der Waals surface area contributed by atoms with Gasteiger partial charge in [-0.05, 0) is 26.3 Å². The van der Waals surface area contributed by atoms with Gasteiger partial charge in [0.05, 0.1) is 0 Å². The summed E-state index contributed by atoms with van der Waals surface area (Å²) in [5.41, 5.74) is 3.75. The molecule has 2 nitrogen and oxygen atoms in total. The molecule has 0 aliphatic carbocycles. The van der Waals surface area contributed by atoms with Crippen molar-refractivity contribution in [3.8, 4) is 0 Å². The Morgan fingerprint density at radius 3 is 2.25 bits per heavy atom. The second kappa shape index (κ2) is 3.62. The van der Waals surface area contributed by atoms with Crippen molar-refractivity contribution in [2.75, 3.05) is 0 Å². The first-order chi connectivity index (χ1) is 7.41. The zero-order chi connectivity index (χ0) is 11.9. The van der Waals surface area contributed by atoms with Crippen LogP contribution in [0, 0.1) is 13.8 Å². The van der Waals surface area contributed by atoms with Crippen molar-refractivity contribution >= 4 is 5.91 Å². The quantitative estimate of drug-likeness (QED) is 0.769. The van der Waals surface area contributed by atoms with Gasteiger partial charge in [0.1, 0.15) is 0 Å². The Labute approximate surface area is 97.1 Å². The molecule has 1 aromatic carbocycles. The Kier molecular flexibility index (Phi) is 2.53. The Balaban J connectivity index is 2.46. The minimum absolute atomic E-state index is 0.0616. The molecule has 1 amide bonds. The van der Waals surface area contributed by atoms with Crippen molar-refractivity contribution in [2.24, 2.45) is 0 Å². The molecule has 2 unspecified atom stereocenters. The molecule has 16 heavy (non-hydrogen) atoms. The van der Waals surface area contributed by atoms with E-state index in [1.165, 1.54) is 16.7 Å². The van der Waals surface area contributed by atoms with Crippen LogP contribution in [0.4, 0.5) is 0 Å². The molecule has 2 heteroatoms. The van der Waals surface area contributed by atoms with E-state index in [4.69, 9.17) is 0 Å². The molecule has 1 aromatic rings. The van der Waals surface area contributed by atoms with Gasteiger partial charge in [0.2, 0.25) is 5.91 Å². The van der Waals surface area contributed by atoms with Crippen molar-refractivity contribution in [2.45, 2.75) is 45.6 Å². The molecule has 1 heterocycles. The van der Waals surface area contributed by atoms with E-state index >= 15 is 0 Å². The highest BCUT2D eigenvalue weighted by atomic mass is 16.2. The number of rotatable bonds is 1. The summed E-state index contributed by atoms with van der Waals surface area (Å²) < 4.78 is 0. The zero-order valence-corrected chi connectivity index (χ0v) is 10.4. The molecule has 0 bridgehead atoms. The van der Waals surface area contributed by atoms with E-state index in [2.05, 4.69) is 51.2 Å². The van der Waals surface area contributed by atoms with Gasteiger partial charge in [-0.15, -0.1) is 0 Å². The van der Waals surface area contributed by atoms with Crippen LogP contribution in [-0.2, 0) is 10.2 Å². The lowest BCUT2D eigenvalue weighted by Gasteiger charge is -2.28. The minimum atomic E-state index is -0.0616. The second-order valence-corrected chi connectivity index (χ2v) is 5.26. The number of carbonyl (C=O) groups excluding carboxylic acids is 1. The normalized spacial score (nSPS) is 29.2. The molecule has 1 aliphatic rings. The Morgan fingerprint density at radius 2 is 1.81 bits per heavy atom. The van der Waals surface area contributed by atoms with E-state index in [1.807, 2.05) is 0 Å². The van der Waals surface area contributed by atoms with Crippen molar-refractivity contribution in [3.63, 3.8) is 0 Å². The topological polar surface area (TPSA) is 29.1 Å². The van der Waals surface area contributed by atoms with Gasteiger partial charge in [-0.2, -0.15) is 0 Å². The van der Waals surface area contributed by atoms with E-state index in [0.29, 0.717) is 6.42 Å². The van der Waals surface area contributed by atoms with E-state index in [9.17, 15) is 4.79 Å². The van der Waals surface area contributed by atoms with E-state index in [1.54, 1.807) is 0 Å². The van der Waals surface area contributed by atoms with Crippen molar-refractivity contribution in [1.29, 1.82) is 0 Å². The van der Waals surface area contributed by atoms with Crippen LogP contribution in [0.5, 0.6) is 0 Å². The van der Waals surface area contributed by atoms with Gasteiger partial charge in [0, 0.05) is 17.9 Å². The maximum absolute atomic E-state index is 11.5. The molecule has 1 N–H and O–H groups in total. The fourth-order valence-electron chi connectivity index (χ4n) is 2.59. The van der Waals surface area contributed by atoms with Crippen LogP contribution in [0.25, 0.3) is 0 Å². The predicted molar refractivity (Wildman–Crippen MR) is 65.5 cm³/mol. The average Bonchev–Trinajstić information content (AvgIpc) is 2.40. The van der Waals surface area contributed by atoms with Gasteiger partial charge < -0.3 is 5.32 Å². The lowest BCUT2D eigenvalue weighted by atomic mass is 9.76. The summed E-state index contributed by atoms with van der Waals surface area (Å²) in [6.45, 7) is 8.47. The fraction of sp³-hybridized carbons (Fsp3) is 0.500. The van der Waals surface area contributed by atoms with Gasteiger partial charge in [-0.1, -0.05) is 36.2 Å². The highest BCUT2D eigenvalue weighted by molar-refractivity contribution is 5.81. The second-order valence-electron chi connectivity index (χ2n) is 5.26. The van der Waals surface area contributed by atoms with Crippen LogP contribution >= 0.6 is 0 Å². The summed E-state index contributed by atoms with van der Waals surface area (Å²) in [5.74, 6) is 0.161. The molecule has 2 atom stereocenters. The minimum Gasteiger partial charge on any atom is -0.353 e. The third-order valence-electron chi connectivity index (χ3n) is 3.74. The summed E-state index contributed by atoms with van der Waals surface area (Å²) in [6.07, 6.45) is 0.594. The molecule has 1 fully saturated rings. The number of benzene rings is 1. The average molecular weight is 217 g/mol. The molecule has 2 rings (SSSR count). The van der Waals surface area contributed by atoms with Crippen LogP contribution < -0.4 is 5.32 Å². The Hall–Kier alpha value is -1.31. The molecule has 0 aromatic heterocycles. The summed E-state index contributed by atoms with van der Waals surface area (Å²) in [6, 6.07) is 6.77. The zero-order valence-electron chi connectivity index (χ0n) is 10.4. The Morgan fingerprint density at radius 1 is 1.25 bits per heavy atom. The number of hydrogen-bond acceptors (Lipinski definition) is 1. The SMILES string of the molecule is Cc1cc(C)cc(C2(C)CC(=O)NC2C)c1. The largest absolute Gasteiger partial charge is 0.353 e. The maximum Gasteiger partial charge on any atom is 0.221 e. The lowest BCUT2D eigenvalue weighted by molar-refractivity contribution is -0.119. The number of amides is 1. The van der Waals surface area contributed by atoms with E-state index in [0.717, 1.165) is 0 Å². The highest BCUT2D eigenvalue weighted by Crippen LogP contribution is 2.36. The Bertz CT molecular complexity index is 418. The smallest absolute Gasteiger partial charge is 0.221 e. The molecular weight excluding hydrogens is 198 g/mol. The first kappa shape index (κ1) is 11.2. The third kappa shape index (κ3) is 1.73. The standard InChI is InChI=1S/C14H19NO/c1-9-5-10(2)7-12(6-9)14(4)8-13(16)15-11(14)3/h5-7,11H,8H2,1-4H3,(H,15,16). The van der Waals surface area contributed by atoms with Crippen LogP contribution in [0.1, 0.15) is 37.0 Å². The van der Waals surface area contributed by atoms with Crippen LogP contribution in [-0.4, -0.2) is 11.9 Å². The summed E-state index contributed by atoms with van der Waals surface area (Å²) >= 11 is 0. The number of carbonyl (C=O) groups is 1. The first-order valence-corrected chi connectivity index (χ1v) is 5.80. The van der Waals surface area contributed by atoms with Gasteiger partial charge in [-0.3, -0.25) is 4.79 Å². The monoisotopic (exact) mass is 217 g/mol.